The molecule has 0 saturated heterocycles. The van der Waals surface area contributed by atoms with Crippen LogP contribution in [0.15, 0.2) is 16.9 Å². The zero-order valence-electron chi connectivity index (χ0n) is 9.71. The summed E-state index contributed by atoms with van der Waals surface area (Å²) in [6.07, 6.45) is 0.159. The van der Waals surface area contributed by atoms with Gasteiger partial charge >= 0.3 is 5.97 Å². The maximum absolute atomic E-state index is 13.7. The highest BCUT2D eigenvalue weighted by Crippen LogP contribution is 2.19. The summed E-state index contributed by atoms with van der Waals surface area (Å²) in [5, 5.41) is 8.85. The third-order valence-corrected chi connectivity index (χ3v) is 2.76. The average molecular weight is 271 g/mol. The Balaban J connectivity index is 3.13. The van der Waals surface area contributed by atoms with Gasteiger partial charge in [0.1, 0.15) is 5.56 Å². The van der Waals surface area contributed by atoms with Crippen LogP contribution in [0, 0.1) is 17.6 Å². The molecule has 0 radical (unpaired) electrons. The Morgan fingerprint density at radius 2 is 1.89 bits per heavy atom. The van der Waals surface area contributed by atoms with Crippen molar-refractivity contribution in [1.82, 2.24) is 4.40 Å². The van der Waals surface area contributed by atoms with Crippen LogP contribution < -0.4 is 5.56 Å². The summed E-state index contributed by atoms with van der Waals surface area (Å²) in [7, 11) is 0. The topological polar surface area (TPSA) is 58.8 Å². The number of aryl methyl sites for hydroxylation is 1. The molecule has 2 heterocycles. The first-order chi connectivity index (χ1) is 8.88. The van der Waals surface area contributed by atoms with E-state index in [0.717, 1.165) is 6.07 Å². The van der Waals surface area contributed by atoms with Crippen molar-refractivity contribution >= 4 is 11.5 Å². The highest BCUT2D eigenvalue weighted by Gasteiger charge is 2.21. The Morgan fingerprint density at radius 1 is 1.26 bits per heavy atom. The predicted octanol–water partition coefficient (Wildman–Crippen LogP) is 1.98. The van der Waals surface area contributed by atoms with E-state index in [2.05, 4.69) is 0 Å². The van der Waals surface area contributed by atoms with Gasteiger partial charge in [-0.25, -0.2) is 18.0 Å². The first-order valence-corrected chi connectivity index (χ1v) is 5.33. The van der Waals surface area contributed by atoms with Crippen LogP contribution in [0.4, 0.5) is 13.2 Å². The highest BCUT2D eigenvalue weighted by molar-refractivity contribution is 5.88. The molecule has 2 aromatic heterocycles. The number of halogens is 3. The number of carboxylic acids is 1. The number of carboxylic acid groups (broad SMARTS) is 1. The molecule has 2 aromatic rings. The minimum atomic E-state index is -1.61. The molecule has 0 aliphatic rings. The second kappa shape index (κ2) is 4.42. The van der Waals surface area contributed by atoms with E-state index in [1.165, 1.54) is 0 Å². The smallest absolute Gasteiger partial charge is 0.341 e. The number of carbonyl (C=O) groups is 1. The van der Waals surface area contributed by atoms with Crippen molar-refractivity contribution in [1.29, 1.82) is 0 Å². The van der Waals surface area contributed by atoms with Crippen LogP contribution in [0.1, 0.15) is 22.8 Å². The third kappa shape index (κ3) is 1.87. The van der Waals surface area contributed by atoms with Gasteiger partial charge in [-0.3, -0.25) is 4.79 Å². The first-order valence-electron chi connectivity index (χ1n) is 5.33. The third-order valence-electron chi connectivity index (χ3n) is 2.76. The van der Waals surface area contributed by atoms with E-state index < -0.39 is 40.2 Å². The SMILES string of the molecule is CCc1cc(C(=O)O)c(=O)n2c(F)c(F)cc(F)c12. The summed E-state index contributed by atoms with van der Waals surface area (Å²) >= 11 is 0. The molecule has 0 amide bonds. The Morgan fingerprint density at radius 3 is 2.42 bits per heavy atom. The van der Waals surface area contributed by atoms with E-state index in [9.17, 15) is 22.8 Å². The summed E-state index contributed by atoms with van der Waals surface area (Å²) in [5.74, 6) is -5.88. The minimum Gasteiger partial charge on any atom is -0.477 e. The lowest BCUT2D eigenvalue weighted by Crippen LogP contribution is -2.26. The van der Waals surface area contributed by atoms with Gasteiger partial charge < -0.3 is 5.11 Å². The van der Waals surface area contributed by atoms with Gasteiger partial charge in [0.25, 0.3) is 5.56 Å². The van der Waals surface area contributed by atoms with Gasteiger partial charge in [-0.05, 0) is 18.1 Å². The zero-order valence-corrected chi connectivity index (χ0v) is 9.71. The predicted molar refractivity (Wildman–Crippen MR) is 59.9 cm³/mol. The van der Waals surface area contributed by atoms with Gasteiger partial charge in [0, 0.05) is 6.07 Å². The number of fused-ring (bicyclic) bond motifs is 1. The second-order valence-corrected chi connectivity index (χ2v) is 3.86. The van der Waals surface area contributed by atoms with E-state index >= 15 is 0 Å². The number of hydrogen-bond acceptors (Lipinski definition) is 2. The molecule has 0 atom stereocenters. The Labute approximate surface area is 104 Å². The van der Waals surface area contributed by atoms with Crippen LogP contribution in [0.3, 0.4) is 0 Å². The highest BCUT2D eigenvalue weighted by atomic mass is 19.2. The molecule has 0 spiro atoms. The van der Waals surface area contributed by atoms with Crippen molar-refractivity contribution in [2.75, 3.05) is 0 Å². The van der Waals surface area contributed by atoms with Crippen LogP contribution in [0.5, 0.6) is 0 Å². The quantitative estimate of drug-likeness (QED) is 0.850. The number of nitrogens with zero attached hydrogens (tertiary/aromatic N) is 1. The van der Waals surface area contributed by atoms with E-state index in [-0.39, 0.29) is 16.4 Å². The van der Waals surface area contributed by atoms with Crippen molar-refractivity contribution in [2.45, 2.75) is 13.3 Å². The zero-order chi connectivity index (χ0) is 14.3. The number of pyridine rings is 2. The van der Waals surface area contributed by atoms with E-state index in [0.29, 0.717) is 6.07 Å². The molecular formula is C12H8F3NO3. The fraction of sp³-hybridized carbons (Fsp3) is 0.167. The number of aromatic nitrogens is 1. The molecule has 0 unspecified atom stereocenters. The number of aromatic carboxylic acids is 1. The molecule has 1 N–H and O–H groups in total. The van der Waals surface area contributed by atoms with Crippen LogP contribution in [0.25, 0.3) is 5.52 Å². The lowest BCUT2D eigenvalue weighted by atomic mass is 10.1. The summed E-state index contributed by atoms with van der Waals surface area (Å²) in [4.78, 5) is 22.7. The van der Waals surface area contributed by atoms with Gasteiger partial charge in [0.15, 0.2) is 11.6 Å². The van der Waals surface area contributed by atoms with Gasteiger partial charge in [0.2, 0.25) is 5.95 Å². The maximum atomic E-state index is 13.7. The summed E-state index contributed by atoms with van der Waals surface area (Å²) < 4.78 is 40.6. The normalized spacial score (nSPS) is 10.9. The molecule has 100 valence electrons. The molecule has 19 heavy (non-hydrogen) atoms. The van der Waals surface area contributed by atoms with Gasteiger partial charge in [-0.1, -0.05) is 6.92 Å². The van der Waals surface area contributed by atoms with Crippen molar-refractivity contribution < 1.29 is 23.1 Å². The van der Waals surface area contributed by atoms with Crippen LogP contribution in [-0.4, -0.2) is 15.5 Å². The van der Waals surface area contributed by atoms with E-state index in [1.54, 1.807) is 6.92 Å². The van der Waals surface area contributed by atoms with Crippen molar-refractivity contribution in [3.8, 4) is 0 Å². The van der Waals surface area contributed by atoms with E-state index in [1.807, 2.05) is 0 Å². The van der Waals surface area contributed by atoms with Crippen LogP contribution in [-0.2, 0) is 6.42 Å². The molecule has 0 aromatic carbocycles. The van der Waals surface area contributed by atoms with Crippen LogP contribution >= 0.6 is 0 Å². The van der Waals surface area contributed by atoms with Crippen molar-refractivity contribution in [3.63, 3.8) is 0 Å². The van der Waals surface area contributed by atoms with Gasteiger partial charge in [-0.2, -0.15) is 4.39 Å². The molecule has 0 saturated carbocycles. The van der Waals surface area contributed by atoms with Gasteiger partial charge in [-0.15, -0.1) is 0 Å². The maximum Gasteiger partial charge on any atom is 0.341 e. The minimum absolute atomic E-state index is 0.105. The second-order valence-electron chi connectivity index (χ2n) is 3.86. The molecule has 0 aliphatic heterocycles. The molecule has 7 heteroatoms. The largest absolute Gasteiger partial charge is 0.477 e. The number of hydrogen-bond donors (Lipinski definition) is 1. The fourth-order valence-electron chi connectivity index (χ4n) is 1.89. The Hall–Kier alpha value is -2.31. The molecule has 0 aliphatic carbocycles. The van der Waals surface area contributed by atoms with Crippen LogP contribution in [0.2, 0.25) is 0 Å². The molecule has 0 bridgehead atoms. The molecule has 4 nitrogen and oxygen atoms in total. The standard InChI is InChI=1S/C12H8F3NO3/c1-2-5-3-6(12(18)19)11(17)16-9(5)7(13)4-8(14)10(16)15/h3-4H,2H2,1H3,(H,18,19). The molecular weight excluding hydrogens is 263 g/mol. The Bertz CT molecular complexity index is 752. The van der Waals surface area contributed by atoms with E-state index in [4.69, 9.17) is 5.11 Å². The summed E-state index contributed by atoms with van der Waals surface area (Å²) in [6, 6.07) is 1.30. The summed E-state index contributed by atoms with van der Waals surface area (Å²) in [6.45, 7) is 1.58. The number of rotatable bonds is 2. The molecule has 0 fully saturated rings. The average Bonchev–Trinajstić information content (AvgIpc) is 2.35. The lowest BCUT2D eigenvalue weighted by molar-refractivity contribution is 0.0694. The Kier molecular flexibility index (Phi) is 3.05. The van der Waals surface area contributed by atoms with Crippen molar-refractivity contribution in [3.05, 3.63) is 51.2 Å². The molecule has 2 rings (SSSR count). The summed E-state index contributed by atoms with van der Waals surface area (Å²) in [5.41, 5.74) is -2.39. The monoisotopic (exact) mass is 271 g/mol. The van der Waals surface area contributed by atoms with Crippen molar-refractivity contribution in [2.24, 2.45) is 0 Å². The lowest BCUT2D eigenvalue weighted by Gasteiger charge is -2.10. The first kappa shape index (κ1) is 13.1. The van der Waals surface area contributed by atoms with Gasteiger partial charge in [0.05, 0.1) is 5.52 Å². The fourth-order valence-corrected chi connectivity index (χ4v) is 1.89.